The zero-order valence-electron chi connectivity index (χ0n) is 15.7. The molecule has 0 spiro atoms. The van der Waals surface area contributed by atoms with E-state index in [2.05, 4.69) is 6.58 Å². The normalized spacial score (nSPS) is 11.6. The monoisotopic (exact) mass is 368 g/mol. The molecule has 138 valence electrons. The Hall–Kier alpha value is -3.28. The lowest BCUT2D eigenvalue weighted by molar-refractivity contribution is 0.426. The molecule has 0 radical (unpaired) electrons. The van der Waals surface area contributed by atoms with E-state index in [9.17, 15) is 10.0 Å². The molecular formula is C23H21BN2O2. The number of benzene rings is 2. The minimum atomic E-state index is -1.55. The smallest absolute Gasteiger partial charge is 0.423 e. The van der Waals surface area contributed by atoms with Gasteiger partial charge in [0.1, 0.15) is 0 Å². The predicted octanol–water partition coefficient (Wildman–Crippen LogP) is 3.64. The zero-order chi connectivity index (χ0) is 19.9. The summed E-state index contributed by atoms with van der Waals surface area (Å²) in [6.07, 6.45) is 7.58. The van der Waals surface area contributed by atoms with Crippen molar-refractivity contribution in [2.24, 2.45) is 0 Å². The van der Waals surface area contributed by atoms with Crippen LogP contribution in [0.5, 0.6) is 0 Å². The Morgan fingerprint density at radius 2 is 1.71 bits per heavy atom. The van der Waals surface area contributed by atoms with Gasteiger partial charge in [-0.1, -0.05) is 85.5 Å². The van der Waals surface area contributed by atoms with Crippen LogP contribution in [-0.4, -0.2) is 27.1 Å². The van der Waals surface area contributed by atoms with Crippen molar-refractivity contribution in [3.8, 4) is 22.6 Å². The topological polar surface area (TPSA) is 66.2 Å². The summed E-state index contributed by atoms with van der Waals surface area (Å²) in [7, 11) is -1.55. The number of rotatable bonds is 6. The molecule has 0 atom stereocenters. The Balaban J connectivity index is 2.21. The first-order chi connectivity index (χ1) is 13.6. The van der Waals surface area contributed by atoms with Crippen molar-refractivity contribution < 1.29 is 10.0 Å². The van der Waals surface area contributed by atoms with E-state index in [0.717, 1.165) is 22.5 Å². The van der Waals surface area contributed by atoms with Gasteiger partial charge in [-0.25, -0.2) is 9.97 Å². The van der Waals surface area contributed by atoms with Gasteiger partial charge >= 0.3 is 7.12 Å². The fraction of sp³-hybridized carbons (Fsp3) is 0.0435. The Bertz CT molecular complexity index is 1030. The SMILES string of the molecule is C=C/C(=C\C=C/C)c1cc(-c2ccccc2)nc(-c2cccc(B(O)O)c2)n1. The second kappa shape index (κ2) is 9.08. The van der Waals surface area contributed by atoms with Gasteiger partial charge in [0.15, 0.2) is 5.82 Å². The standard InChI is InChI=1S/C23H21BN2O2/c1-3-5-10-17(4-2)21-16-22(18-11-7-6-8-12-18)26-23(25-21)19-13-9-14-20(15-19)24(27)28/h3-16,27-28H,2H2,1H3/b5-3-,17-10+. The van der Waals surface area contributed by atoms with Crippen LogP contribution in [0.4, 0.5) is 0 Å². The highest BCUT2D eigenvalue weighted by molar-refractivity contribution is 6.58. The van der Waals surface area contributed by atoms with Gasteiger partial charge in [0.25, 0.3) is 0 Å². The molecule has 0 saturated heterocycles. The number of nitrogens with zero attached hydrogens (tertiary/aromatic N) is 2. The third kappa shape index (κ3) is 4.52. The quantitative estimate of drug-likeness (QED) is 0.515. The van der Waals surface area contributed by atoms with Gasteiger partial charge in [-0.2, -0.15) is 0 Å². The van der Waals surface area contributed by atoms with Gasteiger partial charge in [-0.3, -0.25) is 0 Å². The van der Waals surface area contributed by atoms with E-state index in [-0.39, 0.29) is 0 Å². The second-order valence-corrected chi connectivity index (χ2v) is 6.18. The lowest BCUT2D eigenvalue weighted by Gasteiger charge is -2.10. The molecule has 0 unspecified atom stereocenters. The third-order valence-electron chi connectivity index (χ3n) is 4.22. The van der Waals surface area contributed by atoms with Gasteiger partial charge in [0.2, 0.25) is 0 Å². The number of allylic oxidation sites excluding steroid dienone is 5. The van der Waals surface area contributed by atoms with Crippen LogP contribution in [0.3, 0.4) is 0 Å². The summed E-state index contributed by atoms with van der Waals surface area (Å²) in [5.74, 6) is 0.507. The molecule has 0 aliphatic rings. The van der Waals surface area contributed by atoms with Crippen LogP contribution in [0.15, 0.2) is 91.5 Å². The number of aromatic nitrogens is 2. The van der Waals surface area contributed by atoms with E-state index in [1.54, 1.807) is 24.3 Å². The fourth-order valence-electron chi connectivity index (χ4n) is 2.78. The molecule has 0 fully saturated rings. The second-order valence-electron chi connectivity index (χ2n) is 6.18. The summed E-state index contributed by atoms with van der Waals surface area (Å²) in [6, 6.07) is 18.7. The van der Waals surface area contributed by atoms with Gasteiger partial charge in [-0.15, -0.1) is 0 Å². The lowest BCUT2D eigenvalue weighted by atomic mass is 9.79. The maximum atomic E-state index is 9.49. The van der Waals surface area contributed by atoms with Gasteiger partial charge in [0.05, 0.1) is 11.4 Å². The summed E-state index contributed by atoms with van der Waals surface area (Å²) in [5.41, 5.74) is 4.47. The highest BCUT2D eigenvalue weighted by atomic mass is 16.4. The van der Waals surface area contributed by atoms with E-state index < -0.39 is 7.12 Å². The molecular weight excluding hydrogens is 347 g/mol. The molecule has 0 saturated carbocycles. The first-order valence-corrected chi connectivity index (χ1v) is 8.99. The maximum absolute atomic E-state index is 9.49. The average molecular weight is 368 g/mol. The molecule has 3 aromatic rings. The lowest BCUT2D eigenvalue weighted by Crippen LogP contribution is -2.29. The Kier molecular flexibility index (Phi) is 6.32. The molecule has 3 rings (SSSR count). The summed E-state index contributed by atoms with van der Waals surface area (Å²) < 4.78 is 0. The van der Waals surface area contributed by atoms with Crippen molar-refractivity contribution in [1.29, 1.82) is 0 Å². The van der Waals surface area contributed by atoms with Crippen molar-refractivity contribution in [1.82, 2.24) is 9.97 Å². The molecule has 0 aliphatic heterocycles. The number of hydrogen-bond donors (Lipinski definition) is 2. The van der Waals surface area contributed by atoms with E-state index in [0.29, 0.717) is 16.9 Å². The Labute approximate surface area is 165 Å². The molecule has 0 bridgehead atoms. The van der Waals surface area contributed by atoms with Crippen LogP contribution >= 0.6 is 0 Å². The molecule has 2 N–H and O–H groups in total. The minimum Gasteiger partial charge on any atom is -0.423 e. The van der Waals surface area contributed by atoms with E-state index in [1.165, 1.54) is 0 Å². The van der Waals surface area contributed by atoms with E-state index >= 15 is 0 Å². The Morgan fingerprint density at radius 3 is 2.39 bits per heavy atom. The van der Waals surface area contributed by atoms with E-state index in [4.69, 9.17) is 9.97 Å². The van der Waals surface area contributed by atoms with Crippen LogP contribution in [0, 0.1) is 0 Å². The van der Waals surface area contributed by atoms with Crippen LogP contribution in [0.2, 0.25) is 0 Å². The molecule has 5 heteroatoms. The summed E-state index contributed by atoms with van der Waals surface area (Å²) in [5, 5.41) is 19.0. The van der Waals surface area contributed by atoms with Crippen molar-refractivity contribution in [2.45, 2.75) is 6.92 Å². The first kappa shape index (κ1) is 19.5. The van der Waals surface area contributed by atoms with Crippen molar-refractivity contribution in [3.63, 3.8) is 0 Å². The fourth-order valence-corrected chi connectivity index (χ4v) is 2.78. The van der Waals surface area contributed by atoms with Crippen LogP contribution < -0.4 is 5.46 Å². The highest BCUT2D eigenvalue weighted by Crippen LogP contribution is 2.25. The molecule has 0 aliphatic carbocycles. The van der Waals surface area contributed by atoms with E-state index in [1.807, 2.05) is 67.6 Å². The van der Waals surface area contributed by atoms with Gasteiger partial charge in [0, 0.05) is 11.1 Å². The Morgan fingerprint density at radius 1 is 0.964 bits per heavy atom. The summed E-state index contributed by atoms with van der Waals surface area (Å²) in [6.45, 7) is 5.85. The largest absolute Gasteiger partial charge is 0.488 e. The molecule has 4 nitrogen and oxygen atoms in total. The van der Waals surface area contributed by atoms with Gasteiger partial charge in [-0.05, 0) is 24.0 Å². The molecule has 1 aromatic heterocycles. The van der Waals surface area contributed by atoms with Crippen LogP contribution in [-0.2, 0) is 0 Å². The molecule has 0 amide bonds. The van der Waals surface area contributed by atoms with Crippen molar-refractivity contribution in [2.75, 3.05) is 0 Å². The summed E-state index contributed by atoms with van der Waals surface area (Å²) in [4.78, 5) is 9.42. The first-order valence-electron chi connectivity index (χ1n) is 8.99. The van der Waals surface area contributed by atoms with Crippen molar-refractivity contribution in [3.05, 3.63) is 97.2 Å². The summed E-state index contributed by atoms with van der Waals surface area (Å²) >= 11 is 0. The molecule has 28 heavy (non-hydrogen) atoms. The maximum Gasteiger partial charge on any atom is 0.488 e. The van der Waals surface area contributed by atoms with Crippen molar-refractivity contribution >= 4 is 18.2 Å². The predicted molar refractivity (Wildman–Crippen MR) is 116 cm³/mol. The minimum absolute atomic E-state index is 0.390. The molecule has 2 aromatic carbocycles. The zero-order valence-corrected chi connectivity index (χ0v) is 15.7. The molecule has 1 heterocycles. The highest BCUT2D eigenvalue weighted by Gasteiger charge is 2.14. The van der Waals surface area contributed by atoms with Gasteiger partial charge < -0.3 is 10.0 Å². The third-order valence-corrected chi connectivity index (χ3v) is 4.22. The van der Waals surface area contributed by atoms with Crippen LogP contribution in [0.1, 0.15) is 12.6 Å². The van der Waals surface area contributed by atoms with Crippen LogP contribution in [0.25, 0.3) is 28.2 Å². The number of hydrogen-bond acceptors (Lipinski definition) is 4. The average Bonchev–Trinajstić information content (AvgIpc) is 2.75.